The monoisotopic (exact) mass is 267 g/mol. The van der Waals surface area contributed by atoms with Crippen LogP contribution in [0.1, 0.15) is 11.6 Å². The summed E-state index contributed by atoms with van der Waals surface area (Å²) in [6.07, 6.45) is -3.85. The van der Waals surface area contributed by atoms with Gasteiger partial charge in [0.25, 0.3) is 0 Å². The molecule has 0 saturated carbocycles. The zero-order chi connectivity index (χ0) is 13.9. The summed E-state index contributed by atoms with van der Waals surface area (Å²) in [6.45, 7) is 0. The van der Waals surface area contributed by atoms with Crippen LogP contribution in [0.25, 0.3) is 0 Å². The van der Waals surface area contributed by atoms with Crippen molar-refractivity contribution in [2.24, 2.45) is 5.73 Å². The molecular weight excluding hydrogens is 254 g/mol. The molecule has 1 rings (SSSR count). The van der Waals surface area contributed by atoms with Gasteiger partial charge in [0.05, 0.1) is 14.2 Å². The summed E-state index contributed by atoms with van der Waals surface area (Å²) in [7, 11) is 2.60. The number of ether oxygens (including phenoxy) is 2. The third kappa shape index (κ3) is 2.66. The lowest BCUT2D eigenvalue weighted by atomic mass is 10.0. The standard InChI is InChI=1S/C11H13F4NO2/c1-17-6-3-4-7(8(5-6)18-2)9(16)11(14,15)10(12)13/h3-5,9-10H,16H2,1-2H3. The summed E-state index contributed by atoms with van der Waals surface area (Å²) in [6, 6.07) is 1.67. The largest absolute Gasteiger partial charge is 0.497 e. The van der Waals surface area contributed by atoms with Crippen LogP contribution in [-0.2, 0) is 0 Å². The average molecular weight is 267 g/mol. The number of halogens is 4. The van der Waals surface area contributed by atoms with E-state index in [0.29, 0.717) is 5.75 Å². The summed E-state index contributed by atoms with van der Waals surface area (Å²) >= 11 is 0. The fraction of sp³-hybridized carbons (Fsp3) is 0.455. The van der Waals surface area contributed by atoms with Crippen molar-refractivity contribution in [3.63, 3.8) is 0 Å². The van der Waals surface area contributed by atoms with E-state index in [-0.39, 0.29) is 11.3 Å². The molecule has 0 aliphatic rings. The molecule has 0 saturated heterocycles. The number of hydrogen-bond donors (Lipinski definition) is 1. The SMILES string of the molecule is COc1ccc(C(N)C(F)(F)C(F)F)c(OC)c1. The van der Waals surface area contributed by atoms with Crippen LogP contribution in [0, 0.1) is 0 Å². The Morgan fingerprint density at radius 1 is 1.17 bits per heavy atom. The van der Waals surface area contributed by atoms with Gasteiger partial charge in [0, 0.05) is 11.6 Å². The third-order valence-electron chi connectivity index (χ3n) is 2.48. The molecule has 2 N–H and O–H groups in total. The Morgan fingerprint density at radius 3 is 2.22 bits per heavy atom. The Labute approximate surface area is 101 Å². The maximum absolute atomic E-state index is 13.2. The van der Waals surface area contributed by atoms with Crippen LogP contribution in [0.5, 0.6) is 11.5 Å². The molecule has 0 aromatic heterocycles. The second kappa shape index (κ2) is 5.43. The van der Waals surface area contributed by atoms with Gasteiger partial charge in [-0.3, -0.25) is 0 Å². The van der Waals surface area contributed by atoms with Crippen LogP contribution in [0.15, 0.2) is 18.2 Å². The summed E-state index contributed by atoms with van der Waals surface area (Å²) in [4.78, 5) is 0. The first-order valence-electron chi connectivity index (χ1n) is 4.98. The molecule has 7 heteroatoms. The molecule has 1 unspecified atom stereocenters. The molecule has 3 nitrogen and oxygen atoms in total. The second-order valence-corrected chi connectivity index (χ2v) is 3.56. The van der Waals surface area contributed by atoms with Crippen molar-refractivity contribution >= 4 is 0 Å². The lowest BCUT2D eigenvalue weighted by Crippen LogP contribution is -2.39. The van der Waals surface area contributed by atoms with Crippen molar-refractivity contribution in [2.75, 3.05) is 14.2 Å². The minimum Gasteiger partial charge on any atom is -0.497 e. The molecule has 0 spiro atoms. The molecule has 0 radical (unpaired) electrons. The van der Waals surface area contributed by atoms with Crippen LogP contribution < -0.4 is 15.2 Å². The minimum atomic E-state index is -4.33. The van der Waals surface area contributed by atoms with E-state index in [1.807, 2.05) is 0 Å². The number of benzene rings is 1. The molecule has 0 fully saturated rings. The van der Waals surface area contributed by atoms with Crippen LogP contribution in [0.2, 0.25) is 0 Å². The maximum atomic E-state index is 13.2. The third-order valence-corrected chi connectivity index (χ3v) is 2.48. The van der Waals surface area contributed by atoms with Gasteiger partial charge in [0.1, 0.15) is 17.5 Å². The van der Waals surface area contributed by atoms with Gasteiger partial charge in [-0.05, 0) is 12.1 Å². The number of hydrogen-bond acceptors (Lipinski definition) is 3. The van der Waals surface area contributed by atoms with Crippen LogP contribution >= 0.6 is 0 Å². The maximum Gasteiger partial charge on any atom is 0.326 e. The first kappa shape index (κ1) is 14.6. The molecular formula is C11H13F4NO2. The molecule has 0 aliphatic carbocycles. The van der Waals surface area contributed by atoms with E-state index < -0.39 is 18.4 Å². The Morgan fingerprint density at radius 2 is 1.78 bits per heavy atom. The molecule has 0 heterocycles. The van der Waals surface area contributed by atoms with Gasteiger partial charge in [-0.1, -0.05) is 0 Å². The summed E-state index contributed by atoms with van der Waals surface area (Å²) < 4.78 is 60.5. The molecule has 0 aliphatic heterocycles. The van der Waals surface area contributed by atoms with Crippen molar-refractivity contribution in [1.82, 2.24) is 0 Å². The highest BCUT2D eigenvalue weighted by molar-refractivity contribution is 5.43. The van der Waals surface area contributed by atoms with E-state index in [2.05, 4.69) is 0 Å². The summed E-state index contributed by atoms with van der Waals surface area (Å²) in [5, 5.41) is 0. The van der Waals surface area contributed by atoms with E-state index in [0.717, 1.165) is 0 Å². The van der Waals surface area contributed by atoms with E-state index in [1.165, 1.54) is 32.4 Å². The first-order valence-corrected chi connectivity index (χ1v) is 4.98. The van der Waals surface area contributed by atoms with Crippen molar-refractivity contribution in [3.05, 3.63) is 23.8 Å². The Bertz CT molecular complexity index is 412. The predicted molar refractivity (Wildman–Crippen MR) is 57.4 cm³/mol. The van der Waals surface area contributed by atoms with Gasteiger partial charge in [0.2, 0.25) is 0 Å². The van der Waals surface area contributed by atoms with Crippen molar-refractivity contribution in [3.8, 4) is 11.5 Å². The molecule has 102 valence electrons. The van der Waals surface area contributed by atoms with Gasteiger partial charge >= 0.3 is 12.3 Å². The van der Waals surface area contributed by atoms with E-state index in [4.69, 9.17) is 15.2 Å². The lowest BCUT2D eigenvalue weighted by molar-refractivity contribution is -0.144. The van der Waals surface area contributed by atoms with Gasteiger partial charge in [-0.15, -0.1) is 0 Å². The van der Waals surface area contributed by atoms with E-state index in [9.17, 15) is 17.6 Å². The highest BCUT2D eigenvalue weighted by atomic mass is 19.3. The average Bonchev–Trinajstić information content (AvgIpc) is 2.36. The van der Waals surface area contributed by atoms with Crippen molar-refractivity contribution in [2.45, 2.75) is 18.4 Å². The van der Waals surface area contributed by atoms with Gasteiger partial charge in [-0.2, -0.15) is 8.78 Å². The quantitative estimate of drug-likeness (QED) is 0.834. The predicted octanol–water partition coefficient (Wildman–Crippen LogP) is 2.60. The fourth-order valence-corrected chi connectivity index (χ4v) is 1.42. The highest BCUT2D eigenvalue weighted by Crippen LogP contribution is 2.39. The topological polar surface area (TPSA) is 44.5 Å². The highest BCUT2D eigenvalue weighted by Gasteiger charge is 2.48. The van der Waals surface area contributed by atoms with Gasteiger partial charge < -0.3 is 15.2 Å². The normalized spacial score (nSPS) is 13.6. The van der Waals surface area contributed by atoms with E-state index in [1.54, 1.807) is 0 Å². The van der Waals surface area contributed by atoms with Crippen molar-refractivity contribution in [1.29, 1.82) is 0 Å². The number of methoxy groups -OCH3 is 2. The molecule has 1 aromatic rings. The van der Waals surface area contributed by atoms with Crippen LogP contribution in [-0.4, -0.2) is 26.6 Å². The van der Waals surface area contributed by atoms with Crippen molar-refractivity contribution < 1.29 is 27.0 Å². The number of alkyl halides is 4. The van der Waals surface area contributed by atoms with Gasteiger partial charge in [-0.25, -0.2) is 8.78 Å². The zero-order valence-electron chi connectivity index (χ0n) is 9.79. The fourth-order valence-electron chi connectivity index (χ4n) is 1.42. The van der Waals surface area contributed by atoms with Crippen LogP contribution in [0.4, 0.5) is 17.6 Å². The molecule has 1 atom stereocenters. The Hall–Kier alpha value is -1.50. The molecule has 0 amide bonds. The second-order valence-electron chi connectivity index (χ2n) is 3.56. The zero-order valence-corrected chi connectivity index (χ0v) is 9.79. The Balaban J connectivity index is 3.16. The summed E-state index contributed by atoms with van der Waals surface area (Å²) in [5.41, 5.74) is 4.99. The van der Waals surface area contributed by atoms with Gasteiger partial charge in [0.15, 0.2) is 0 Å². The Kier molecular flexibility index (Phi) is 4.39. The summed E-state index contributed by atoms with van der Waals surface area (Å²) in [5.74, 6) is -4.01. The minimum absolute atomic E-state index is 0.0258. The lowest BCUT2D eigenvalue weighted by Gasteiger charge is -2.24. The van der Waals surface area contributed by atoms with Crippen LogP contribution in [0.3, 0.4) is 0 Å². The molecule has 18 heavy (non-hydrogen) atoms. The molecule has 0 bridgehead atoms. The molecule has 1 aromatic carbocycles. The number of rotatable bonds is 5. The smallest absolute Gasteiger partial charge is 0.326 e. The first-order chi connectivity index (χ1) is 8.34. The van der Waals surface area contributed by atoms with E-state index >= 15 is 0 Å². The number of nitrogens with two attached hydrogens (primary N) is 1.